The van der Waals surface area contributed by atoms with Crippen LogP contribution in [0.3, 0.4) is 0 Å². The lowest BCUT2D eigenvalue weighted by Crippen LogP contribution is -2.38. The topological polar surface area (TPSA) is 135 Å². The molecule has 39 heavy (non-hydrogen) atoms. The first kappa shape index (κ1) is 27.3. The van der Waals surface area contributed by atoms with Crippen molar-refractivity contribution in [3.8, 4) is 16.9 Å². The van der Waals surface area contributed by atoms with Gasteiger partial charge in [0.15, 0.2) is 21.3 Å². The number of nitrogens with one attached hydrogen (secondary N) is 2. The third kappa shape index (κ3) is 5.98. The van der Waals surface area contributed by atoms with Crippen molar-refractivity contribution in [3.05, 3.63) is 53.3 Å². The highest BCUT2D eigenvalue weighted by Crippen LogP contribution is 2.43. The van der Waals surface area contributed by atoms with Crippen molar-refractivity contribution in [2.45, 2.75) is 24.8 Å². The van der Waals surface area contributed by atoms with E-state index in [9.17, 15) is 8.42 Å². The van der Waals surface area contributed by atoms with Gasteiger partial charge in [-0.25, -0.2) is 23.4 Å². The highest BCUT2D eigenvalue weighted by molar-refractivity contribution is 7.90. The molecule has 0 bridgehead atoms. The molecule has 1 unspecified atom stereocenters. The van der Waals surface area contributed by atoms with Crippen LogP contribution in [0.1, 0.15) is 24.1 Å². The van der Waals surface area contributed by atoms with E-state index >= 15 is 0 Å². The Morgan fingerprint density at radius 3 is 2.77 bits per heavy atom. The molecule has 0 radical (unpaired) electrons. The number of aromatic nitrogens is 5. The predicted molar refractivity (Wildman–Crippen MR) is 149 cm³/mol. The number of sulfone groups is 1. The fourth-order valence-corrected chi connectivity index (χ4v) is 5.39. The molecule has 13 heteroatoms. The van der Waals surface area contributed by atoms with Crippen molar-refractivity contribution in [3.63, 3.8) is 0 Å². The molecule has 3 aromatic heterocycles. The van der Waals surface area contributed by atoms with E-state index in [0.717, 1.165) is 30.5 Å². The summed E-state index contributed by atoms with van der Waals surface area (Å²) in [4.78, 5) is 22.5. The van der Waals surface area contributed by atoms with E-state index < -0.39 is 9.84 Å². The van der Waals surface area contributed by atoms with Gasteiger partial charge in [-0.05, 0) is 31.5 Å². The Bertz CT molecular complexity index is 1590. The molecule has 1 aromatic carbocycles. The zero-order chi connectivity index (χ0) is 27.6. The summed E-state index contributed by atoms with van der Waals surface area (Å²) in [6.07, 6.45) is 7.16. The summed E-state index contributed by atoms with van der Waals surface area (Å²) < 4.78 is 36.6. The van der Waals surface area contributed by atoms with Crippen LogP contribution < -0.4 is 10.1 Å². The van der Waals surface area contributed by atoms with Crippen LogP contribution in [-0.4, -0.2) is 83.9 Å². The van der Waals surface area contributed by atoms with Gasteiger partial charge in [0.05, 0.1) is 30.5 Å². The molecule has 0 spiro atoms. The molecule has 2 N–H and O–H groups in total. The van der Waals surface area contributed by atoms with Crippen LogP contribution in [0.2, 0.25) is 5.02 Å². The second-order valence-corrected chi connectivity index (χ2v) is 11.9. The first-order chi connectivity index (χ1) is 18.7. The molecule has 1 atom stereocenters. The van der Waals surface area contributed by atoms with Crippen molar-refractivity contribution >= 4 is 38.4 Å². The number of pyridine rings is 1. The highest BCUT2D eigenvalue weighted by Gasteiger charge is 2.24. The number of fused-ring (bicyclic) bond motifs is 1. The van der Waals surface area contributed by atoms with Gasteiger partial charge in [0, 0.05) is 60.0 Å². The van der Waals surface area contributed by atoms with Gasteiger partial charge in [0.25, 0.3) is 0 Å². The second kappa shape index (κ2) is 11.4. The molecule has 0 aliphatic carbocycles. The maximum absolute atomic E-state index is 12.3. The van der Waals surface area contributed by atoms with Crippen molar-refractivity contribution in [1.82, 2.24) is 29.8 Å². The molecule has 1 fully saturated rings. The molecular formula is C26H30ClN7O4S. The average Bonchev–Trinajstić information content (AvgIpc) is 3.41. The van der Waals surface area contributed by atoms with Crippen molar-refractivity contribution in [2.75, 3.05) is 51.0 Å². The molecule has 206 valence electrons. The van der Waals surface area contributed by atoms with Crippen LogP contribution in [0, 0.1) is 6.92 Å². The van der Waals surface area contributed by atoms with Gasteiger partial charge < -0.3 is 19.8 Å². The summed E-state index contributed by atoms with van der Waals surface area (Å²) in [5.41, 5.74) is 4.08. The minimum Gasteiger partial charge on any atom is -0.491 e. The Labute approximate surface area is 231 Å². The molecule has 0 amide bonds. The molecular weight excluding hydrogens is 542 g/mol. The number of ether oxygens (including phenoxy) is 2. The van der Waals surface area contributed by atoms with Crippen molar-refractivity contribution < 1.29 is 17.9 Å². The predicted octanol–water partition coefficient (Wildman–Crippen LogP) is 3.66. The maximum Gasteiger partial charge on any atom is 0.177 e. The van der Waals surface area contributed by atoms with Crippen LogP contribution in [0.15, 0.2) is 42.1 Å². The standard InChI is InChI=1S/C26H30ClN7O4S/c1-16-21(27)11-20(17(2)33-26-23-25(30-14-29-23)31-15-32-26)24(38-9-6-34-4-7-37-8-5-34)22(16)18-10-19(13-28-12-18)39(3,35)36/h10-15,17H,4-9H2,1-3H3,(H2,29,30,31,32,33). The minimum atomic E-state index is -3.47. The number of anilines is 1. The van der Waals surface area contributed by atoms with Gasteiger partial charge in [0.1, 0.15) is 24.2 Å². The highest BCUT2D eigenvalue weighted by atomic mass is 35.5. The number of morpholine rings is 1. The minimum absolute atomic E-state index is 0.119. The van der Waals surface area contributed by atoms with Gasteiger partial charge in [-0.15, -0.1) is 0 Å². The first-order valence-corrected chi connectivity index (χ1v) is 14.8. The number of aromatic amines is 1. The van der Waals surface area contributed by atoms with Gasteiger partial charge in [-0.1, -0.05) is 11.6 Å². The van der Waals surface area contributed by atoms with Gasteiger partial charge in [0.2, 0.25) is 0 Å². The van der Waals surface area contributed by atoms with Crippen LogP contribution in [-0.2, 0) is 14.6 Å². The Morgan fingerprint density at radius 2 is 2.00 bits per heavy atom. The Balaban J connectivity index is 1.57. The lowest BCUT2D eigenvalue weighted by atomic mass is 9.94. The van der Waals surface area contributed by atoms with Gasteiger partial charge >= 0.3 is 0 Å². The zero-order valence-corrected chi connectivity index (χ0v) is 23.5. The molecule has 1 aliphatic heterocycles. The summed E-state index contributed by atoms with van der Waals surface area (Å²) in [7, 11) is -3.47. The quantitative estimate of drug-likeness (QED) is 0.306. The van der Waals surface area contributed by atoms with Gasteiger partial charge in [-0.3, -0.25) is 9.88 Å². The van der Waals surface area contributed by atoms with E-state index in [4.69, 9.17) is 21.1 Å². The number of rotatable bonds is 9. The van der Waals surface area contributed by atoms with E-state index in [1.165, 1.54) is 12.5 Å². The molecule has 1 saturated heterocycles. The number of hydrogen-bond acceptors (Lipinski definition) is 10. The lowest BCUT2D eigenvalue weighted by molar-refractivity contribution is 0.0322. The normalized spacial score (nSPS) is 15.4. The fourth-order valence-electron chi connectivity index (χ4n) is 4.58. The van der Waals surface area contributed by atoms with E-state index in [1.54, 1.807) is 18.6 Å². The third-order valence-electron chi connectivity index (χ3n) is 6.73. The maximum atomic E-state index is 12.3. The SMILES string of the molecule is Cc1c(Cl)cc(C(C)Nc2ncnc3[nH]cnc23)c(OCCN2CCOCC2)c1-c1cncc(S(C)(=O)=O)c1. The summed E-state index contributed by atoms with van der Waals surface area (Å²) in [6.45, 7) is 8.08. The summed E-state index contributed by atoms with van der Waals surface area (Å²) in [6, 6.07) is 3.18. The summed E-state index contributed by atoms with van der Waals surface area (Å²) in [5, 5.41) is 3.94. The molecule has 4 aromatic rings. The number of halogens is 1. The van der Waals surface area contributed by atoms with E-state index in [1.807, 2.05) is 19.9 Å². The molecule has 5 rings (SSSR count). The second-order valence-electron chi connectivity index (χ2n) is 9.45. The number of imidazole rings is 1. The van der Waals surface area contributed by atoms with Crippen molar-refractivity contribution in [1.29, 1.82) is 0 Å². The first-order valence-electron chi connectivity index (χ1n) is 12.5. The Hall–Kier alpha value is -3.32. The van der Waals surface area contributed by atoms with Crippen LogP contribution in [0.5, 0.6) is 5.75 Å². The zero-order valence-electron chi connectivity index (χ0n) is 21.9. The number of benzene rings is 1. The smallest absolute Gasteiger partial charge is 0.177 e. The Morgan fingerprint density at radius 1 is 1.21 bits per heavy atom. The molecule has 0 saturated carbocycles. The molecule has 4 heterocycles. The van der Waals surface area contributed by atoms with Crippen LogP contribution in [0.4, 0.5) is 5.82 Å². The summed E-state index contributed by atoms with van der Waals surface area (Å²) >= 11 is 6.76. The van der Waals surface area contributed by atoms with Crippen LogP contribution in [0.25, 0.3) is 22.3 Å². The largest absolute Gasteiger partial charge is 0.491 e. The lowest BCUT2D eigenvalue weighted by Gasteiger charge is -2.28. The van der Waals surface area contributed by atoms with Crippen molar-refractivity contribution in [2.24, 2.45) is 0 Å². The fraction of sp³-hybridized carbons (Fsp3) is 0.385. The summed E-state index contributed by atoms with van der Waals surface area (Å²) in [5.74, 6) is 1.16. The Kier molecular flexibility index (Phi) is 7.98. The monoisotopic (exact) mass is 571 g/mol. The van der Waals surface area contributed by atoms with E-state index in [0.29, 0.717) is 65.2 Å². The van der Waals surface area contributed by atoms with E-state index in [-0.39, 0.29) is 10.9 Å². The number of hydrogen-bond donors (Lipinski definition) is 2. The van der Waals surface area contributed by atoms with Crippen LogP contribution >= 0.6 is 11.6 Å². The van der Waals surface area contributed by atoms with Gasteiger partial charge in [-0.2, -0.15) is 0 Å². The number of H-pyrrole nitrogens is 1. The number of nitrogens with zero attached hydrogens (tertiary/aromatic N) is 5. The van der Waals surface area contributed by atoms with E-state index in [2.05, 4.69) is 35.1 Å². The average molecular weight is 572 g/mol. The molecule has 1 aliphatic rings. The third-order valence-corrected chi connectivity index (χ3v) is 8.20. The molecule has 11 nitrogen and oxygen atoms in total.